The third kappa shape index (κ3) is 5.18. The van der Waals surface area contributed by atoms with Crippen molar-refractivity contribution in [2.24, 2.45) is 5.73 Å². The number of carbonyl (C=O) groups excluding carboxylic acids is 1. The molecule has 0 bridgehead atoms. The molecule has 2 aromatic carbocycles. The number of benzene rings is 2. The van der Waals surface area contributed by atoms with Gasteiger partial charge in [-0.3, -0.25) is 9.78 Å². The van der Waals surface area contributed by atoms with Gasteiger partial charge < -0.3 is 29.4 Å². The van der Waals surface area contributed by atoms with Gasteiger partial charge >= 0.3 is 0 Å². The molecule has 0 unspecified atom stereocenters. The summed E-state index contributed by atoms with van der Waals surface area (Å²) < 4.78 is 23.6. The Balaban J connectivity index is 1.19. The number of aromatic nitrogens is 1. The Hall–Kier alpha value is -4.30. The molecular weight excluding hydrogens is 458 g/mol. The third-order valence-corrected chi connectivity index (χ3v) is 5.92. The van der Waals surface area contributed by atoms with E-state index in [2.05, 4.69) is 16.4 Å². The Labute approximate surface area is 208 Å². The number of nitrogens with one attached hydrogen (secondary N) is 1. The van der Waals surface area contributed by atoms with Crippen LogP contribution in [0.15, 0.2) is 75.8 Å². The topological polar surface area (TPSA) is 113 Å². The molecule has 36 heavy (non-hydrogen) atoms. The number of pyridine rings is 1. The van der Waals surface area contributed by atoms with Gasteiger partial charge in [0.05, 0.1) is 12.0 Å². The number of nitrogens with zero attached hydrogens (tertiary/aromatic N) is 1. The van der Waals surface area contributed by atoms with Crippen molar-refractivity contribution in [3.05, 3.63) is 89.6 Å². The SMILES string of the molecule is Cc1c(COc2ccc3oc(C(N)=O)cc3c2)oc2cccc(OCCCNCc3cccnc3)c12. The highest BCUT2D eigenvalue weighted by Crippen LogP contribution is 2.34. The van der Waals surface area contributed by atoms with E-state index in [4.69, 9.17) is 24.0 Å². The second-order valence-corrected chi connectivity index (χ2v) is 8.48. The van der Waals surface area contributed by atoms with E-state index in [0.717, 1.165) is 58.5 Å². The Morgan fingerprint density at radius 1 is 1.06 bits per heavy atom. The Morgan fingerprint density at radius 3 is 2.81 bits per heavy atom. The lowest BCUT2D eigenvalue weighted by molar-refractivity contribution is 0.0976. The predicted octanol–water partition coefficient (Wildman–Crippen LogP) is 5.12. The second-order valence-electron chi connectivity index (χ2n) is 8.48. The van der Waals surface area contributed by atoms with Crippen molar-refractivity contribution in [1.82, 2.24) is 10.3 Å². The molecular formula is C28H27N3O5. The molecule has 0 aliphatic rings. The Bertz CT molecular complexity index is 1490. The zero-order valence-corrected chi connectivity index (χ0v) is 20.0. The quantitative estimate of drug-likeness (QED) is 0.250. The molecule has 0 spiro atoms. The van der Waals surface area contributed by atoms with Gasteiger partial charge in [-0.15, -0.1) is 0 Å². The number of amides is 1. The van der Waals surface area contributed by atoms with E-state index >= 15 is 0 Å². The van der Waals surface area contributed by atoms with Crippen molar-refractivity contribution in [2.45, 2.75) is 26.5 Å². The highest BCUT2D eigenvalue weighted by atomic mass is 16.5. The van der Waals surface area contributed by atoms with Gasteiger partial charge in [-0.2, -0.15) is 0 Å². The summed E-state index contributed by atoms with van der Waals surface area (Å²) in [6.45, 7) is 4.48. The van der Waals surface area contributed by atoms with Crippen molar-refractivity contribution >= 4 is 27.8 Å². The normalized spacial score (nSPS) is 11.2. The van der Waals surface area contributed by atoms with Crippen molar-refractivity contribution in [3.63, 3.8) is 0 Å². The van der Waals surface area contributed by atoms with Crippen LogP contribution in [0.3, 0.4) is 0 Å². The first kappa shape index (κ1) is 23.4. The molecule has 0 radical (unpaired) electrons. The molecule has 184 valence electrons. The van der Waals surface area contributed by atoms with Crippen LogP contribution in [0.4, 0.5) is 0 Å². The lowest BCUT2D eigenvalue weighted by Crippen LogP contribution is -2.17. The summed E-state index contributed by atoms with van der Waals surface area (Å²) in [6, 6.07) is 16.7. The van der Waals surface area contributed by atoms with Crippen LogP contribution >= 0.6 is 0 Å². The number of aryl methyl sites for hydroxylation is 1. The fourth-order valence-corrected chi connectivity index (χ4v) is 4.07. The van der Waals surface area contributed by atoms with Crippen molar-refractivity contribution in [3.8, 4) is 11.5 Å². The van der Waals surface area contributed by atoms with E-state index in [1.807, 2.05) is 37.4 Å². The van der Waals surface area contributed by atoms with Crippen LogP contribution in [0.25, 0.3) is 21.9 Å². The molecule has 3 aromatic heterocycles. The van der Waals surface area contributed by atoms with Gasteiger partial charge in [0.15, 0.2) is 5.76 Å². The molecule has 0 atom stereocenters. The molecule has 8 nitrogen and oxygen atoms in total. The number of hydrogen-bond acceptors (Lipinski definition) is 7. The maximum absolute atomic E-state index is 11.4. The van der Waals surface area contributed by atoms with Crippen LogP contribution in [-0.4, -0.2) is 24.0 Å². The average molecular weight is 486 g/mol. The standard InChI is InChI=1S/C28H27N3O5/c1-18-26(17-34-21-8-9-22-20(13-21)14-25(35-22)28(29)32)36-24-7-2-6-23(27(18)24)33-12-4-11-31-16-19-5-3-10-30-15-19/h2-3,5-10,13-15,31H,4,11-12,16-17H2,1H3,(H2,29,32). The molecule has 0 saturated heterocycles. The summed E-state index contributed by atoms with van der Waals surface area (Å²) in [4.78, 5) is 15.5. The highest BCUT2D eigenvalue weighted by molar-refractivity contribution is 5.95. The molecule has 0 fully saturated rings. The number of ether oxygens (including phenoxy) is 2. The largest absolute Gasteiger partial charge is 0.493 e. The van der Waals surface area contributed by atoms with Gasteiger partial charge in [-0.1, -0.05) is 12.1 Å². The molecule has 5 aromatic rings. The maximum Gasteiger partial charge on any atom is 0.284 e. The van der Waals surface area contributed by atoms with Gasteiger partial charge in [0.1, 0.15) is 35.0 Å². The van der Waals surface area contributed by atoms with Crippen LogP contribution in [-0.2, 0) is 13.2 Å². The average Bonchev–Trinajstić information content (AvgIpc) is 3.46. The lowest BCUT2D eigenvalue weighted by atomic mass is 10.1. The molecule has 0 aliphatic heterocycles. The zero-order valence-electron chi connectivity index (χ0n) is 20.0. The predicted molar refractivity (Wildman–Crippen MR) is 136 cm³/mol. The Morgan fingerprint density at radius 2 is 1.97 bits per heavy atom. The number of nitrogens with two attached hydrogens (primary N) is 1. The second kappa shape index (κ2) is 10.5. The summed E-state index contributed by atoms with van der Waals surface area (Å²) in [5, 5.41) is 5.11. The molecule has 8 heteroatoms. The minimum atomic E-state index is -0.606. The molecule has 0 saturated carbocycles. The summed E-state index contributed by atoms with van der Waals surface area (Å²) in [7, 11) is 0. The van der Waals surface area contributed by atoms with Gasteiger partial charge in [-0.25, -0.2) is 0 Å². The van der Waals surface area contributed by atoms with Crippen LogP contribution in [0.5, 0.6) is 11.5 Å². The maximum atomic E-state index is 11.4. The summed E-state index contributed by atoms with van der Waals surface area (Å²) >= 11 is 0. The van der Waals surface area contributed by atoms with E-state index in [9.17, 15) is 4.79 Å². The van der Waals surface area contributed by atoms with Crippen LogP contribution in [0, 0.1) is 6.92 Å². The summed E-state index contributed by atoms with van der Waals surface area (Å²) in [5.41, 5.74) is 8.77. The first-order valence-corrected chi connectivity index (χ1v) is 11.8. The summed E-state index contributed by atoms with van der Waals surface area (Å²) in [5.74, 6) is 1.67. The monoisotopic (exact) mass is 485 g/mol. The smallest absolute Gasteiger partial charge is 0.284 e. The van der Waals surface area contributed by atoms with Crippen LogP contribution in [0.1, 0.15) is 33.9 Å². The number of furan rings is 2. The number of rotatable bonds is 11. The number of primary amides is 1. The molecule has 5 rings (SSSR count). The number of carbonyl (C=O) groups is 1. The number of hydrogen-bond donors (Lipinski definition) is 2. The molecule has 1 amide bonds. The van der Waals surface area contributed by atoms with E-state index in [1.165, 1.54) is 0 Å². The van der Waals surface area contributed by atoms with Crippen molar-refractivity contribution in [1.29, 1.82) is 0 Å². The third-order valence-electron chi connectivity index (χ3n) is 5.92. The van der Waals surface area contributed by atoms with E-state index in [0.29, 0.717) is 17.9 Å². The van der Waals surface area contributed by atoms with Gasteiger partial charge in [0, 0.05) is 29.9 Å². The minimum Gasteiger partial charge on any atom is -0.493 e. The summed E-state index contributed by atoms with van der Waals surface area (Å²) in [6.07, 6.45) is 4.51. The lowest BCUT2D eigenvalue weighted by Gasteiger charge is -2.09. The van der Waals surface area contributed by atoms with Crippen molar-refractivity contribution in [2.75, 3.05) is 13.2 Å². The molecule has 0 aliphatic carbocycles. The van der Waals surface area contributed by atoms with Crippen LogP contribution in [0.2, 0.25) is 0 Å². The molecule has 3 heterocycles. The van der Waals surface area contributed by atoms with Crippen molar-refractivity contribution < 1.29 is 23.1 Å². The molecule has 3 N–H and O–H groups in total. The fraction of sp³-hybridized carbons (Fsp3) is 0.214. The van der Waals surface area contributed by atoms with E-state index in [-0.39, 0.29) is 12.4 Å². The first-order chi connectivity index (χ1) is 17.6. The van der Waals surface area contributed by atoms with E-state index in [1.54, 1.807) is 30.5 Å². The van der Waals surface area contributed by atoms with E-state index < -0.39 is 5.91 Å². The zero-order chi connectivity index (χ0) is 24.9. The Kier molecular flexibility index (Phi) is 6.86. The van der Waals surface area contributed by atoms with Gasteiger partial charge in [0.25, 0.3) is 5.91 Å². The van der Waals surface area contributed by atoms with Gasteiger partial charge in [0.2, 0.25) is 0 Å². The fourth-order valence-electron chi connectivity index (χ4n) is 4.07. The highest BCUT2D eigenvalue weighted by Gasteiger charge is 2.16. The first-order valence-electron chi connectivity index (χ1n) is 11.8. The van der Waals surface area contributed by atoms with Crippen LogP contribution < -0.4 is 20.5 Å². The minimum absolute atomic E-state index is 0.118. The van der Waals surface area contributed by atoms with Gasteiger partial charge in [-0.05, 0) is 67.9 Å². The number of fused-ring (bicyclic) bond motifs is 2.